The van der Waals surface area contributed by atoms with Crippen LogP contribution >= 0.6 is 11.6 Å². The van der Waals surface area contributed by atoms with Gasteiger partial charge in [-0.15, -0.1) is 0 Å². The van der Waals surface area contributed by atoms with Gasteiger partial charge in [0.25, 0.3) is 0 Å². The molecule has 0 saturated carbocycles. The number of aryl methyl sites for hydroxylation is 3. The number of hydrogen-bond acceptors (Lipinski definition) is 4. The predicted octanol–water partition coefficient (Wildman–Crippen LogP) is 2.58. The Bertz CT molecular complexity index is 679. The fourth-order valence-corrected chi connectivity index (χ4v) is 2.17. The Hall–Kier alpha value is -2.21. The lowest BCUT2D eigenvalue weighted by Gasteiger charge is -2.10. The normalized spacial score (nSPS) is 11.7. The molecule has 0 amide bonds. The van der Waals surface area contributed by atoms with Crippen molar-refractivity contribution in [1.82, 2.24) is 9.78 Å². The average Bonchev–Trinajstić information content (AvgIpc) is 2.66. The lowest BCUT2D eigenvalue weighted by Crippen LogP contribution is -2.15. The Labute approximate surface area is 121 Å². The number of aromatic nitrogens is 2. The maximum atomic E-state index is 8.85. The van der Waals surface area contributed by atoms with Crippen molar-refractivity contribution >= 4 is 17.4 Å². The van der Waals surface area contributed by atoms with Gasteiger partial charge in [-0.2, -0.15) is 5.10 Å². The van der Waals surface area contributed by atoms with Gasteiger partial charge in [0, 0.05) is 7.05 Å². The number of benzene rings is 1. The topological polar surface area (TPSA) is 85.7 Å². The van der Waals surface area contributed by atoms with Gasteiger partial charge in [-0.3, -0.25) is 0 Å². The number of nitrogens with two attached hydrogens (primary N) is 1. The second-order valence-corrected chi connectivity index (χ2v) is 4.82. The molecule has 0 atom stereocenters. The highest BCUT2D eigenvalue weighted by Crippen LogP contribution is 2.32. The van der Waals surface area contributed by atoms with Crippen molar-refractivity contribution < 1.29 is 9.94 Å². The molecule has 2 rings (SSSR count). The molecule has 1 aromatic heterocycles. The van der Waals surface area contributed by atoms with E-state index in [1.54, 1.807) is 26.1 Å². The van der Waals surface area contributed by atoms with E-state index in [1.165, 1.54) is 4.68 Å². The van der Waals surface area contributed by atoms with Crippen molar-refractivity contribution in [3.63, 3.8) is 0 Å². The number of hydrogen-bond donors (Lipinski definition) is 2. The maximum Gasteiger partial charge on any atom is 0.229 e. The first-order valence-electron chi connectivity index (χ1n) is 5.89. The van der Waals surface area contributed by atoms with E-state index in [4.69, 9.17) is 27.3 Å². The first-order valence-corrected chi connectivity index (χ1v) is 6.27. The third kappa shape index (κ3) is 2.55. The lowest BCUT2D eigenvalue weighted by molar-refractivity contribution is 0.318. The first kappa shape index (κ1) is 14.2. The number of oxime groups is 1. The Morgan fingerprint density at radius 3 is 2.75 bits per heavy atom. The molecule has 0 radical (unpaired) electrons. The molecule has 0 saturated heterocycles. The Balaban J connectivity index is 2.48. The van der Waals surface area contributed by atoms with Crippen LogP contribution in [0.5, 0.6) is 11.6 Å². The molecule has 0 fully saturated rings. The summed E-state index contributed by atoms with van der Waals surface area (Å²) in [5.74, 6) is 0.782. The second kappa shape index (κ2) is 5.42. The fraction of sp³-hybridized carbons (Fsp3) is 0.231. The van der Waals surface area contributed by atoms with Gasteiger partial charge in [-0.05, 0) is 31.5 Å². The Morgan fingerprint density at radius 2 is 2.15 bits per heavy atom. The third-order valence-electron chi connectivity index (χ3n) is 2.83. The molecule has 0 spiro atoms. The van der Waals surface area contributed by atoms with Crippen molar-refractivity contribution in [2.24, 2.45) is 17.9 Å². The van der Waals surface area contributed by atoms with Crippen LogP contribution in [0.25, 0.3) is 0 Å². The summed E-state index contributed by atoms with van der Waals surface area (Å²) < 4.78 is 7.28. The van der Waals surface area contributed by atoms with Crippen molar-refractivity contribution in [1.29, 1.82) is 0 Å². The van der Waals surface area contributed by atoms with Crippen LogP contribution in [0.15, 0.2) is 23.4 Å². The van der Waals surface area contributed by atoms with Crippen LogP contribution in [0.4, 0.5) is 0 Å². The van der Waals surface area contributed by atoms with Crippen molar-refractivity contribution in [2.75, 3.05) is 0 Å². The van der Waals surface area contributed by atoms with E-state index in [1.807, 2.05) is 13.0 Å². The SMILES string of the molecule is Cc1ccc(Oc2c(C(N)=NO)c(C)nn2C)c(Cl)c1. The first-order chi connectivity index (χ1) is 9.43. The summed E-state index contributed by atoms with van der Waals surface area (Å²) in [6.45, 7) is 3.68. The van der Waals surface area contributed by atoms with E-state index in [2.05, 4.69) is 10.3 Å². The van der Waals surface area contributed by atoms with E-state index >= 15 is 0 Å². The average molecular weight is 295 g/mol. The summed E-state index contributed by atoms with van der Waals surface area (Å²) in [4.78, 5) is 0. The highest BCUT2D eigenvalue weighted by molar-refractivity contribution is 6.32. The largest absolute Gasteiger partial charge is 0.437 e. The van der Waals surface area contributed by atoms with Crippen LogP contribution in [0, 0.1) is 13.8 Å². The summed E-state index contributed by atoms with van der Waals surface area (Å²) >= 11 is 6.14. The monoisotopic (exact) mass is 294 g/mol. The molecule has 1 aromatic carbocycles. The molecular formula is C13H15ClN4O2. The van der Waals surface area contributed by atoms with Crippen LogP contribution < -0.4 is 10.5 Å². The van der Waals surface area contributed by atoms with Gasteiger partial charge in [0.1, 0.15) is 11.3 Å². The molecule has 106 valence electrons. The summed E-state index contributed by atoms with van der Waals surface area (Å²) in [6.07, 6.45) is 0. The van der Waals surface area contributed by atoms with Crippen molar-refractivity contribution in [2.45, 2.75) is 13.8 Å². The summed E-state index contributed by atoms with van der Waals surface area (Å²) in [6, 6.07) is 5.44. The van der Waals surface area contributed by atoms with Gasteiger partial charge in [0.05, 0.1) is 10.7 Å². The van der Waals surface area contributed by atoms with Crippen LogP contribution in [-0.2, 0) is 7.05 Å². The summed E-state index contributed by atoms with van der Waals surface area (Å²) in [7, 11) is 1.71. The quantitative estimate of drug-likeness (QED) is 0.394. The molecule has 0 aliphatic heterocycles. The highest BCUT2D eigenvalue weighted by atomic mass is 35.5. The van der Waals surface area contributed by atoms with Gasteiger partial charge in [0.2, 0.25) is 5.88 Å². The molecule has 20 heavy (non-hydrogen) atoms. The van der Waals surface area contributed by atoms with Gasteiger partial charge in [0.15, 0.2) is 5.84 Å². The molecule has 6 nitrogen and oxygen atoms in total. The van der Waals surface area contributed by atoms with E-state index in [9.17, 15) is 0 Å². The standard InChI is InChI=1S/C13H15ClN4O2/c1-7-4-5-10(9(14)6-7)20-13-11(12(15)17-19)8(2)16-18(13)3/h4-6,19H,1-3H3,(H2,15,17). The third-order valence-corrected chi connectivity index (χ3v) is 3.12. The zero-order valence-corrected chi connectivity index (χ0v) is 12.1. The molecule has 0 unspecified atom stereocenters. The van der Waals surface area contributed by atoms with Crippen LogP contribution in [0.1, 0.15) is 16.8 Å². The summed E-state index contributed by atoms with van der Waals surface area (Å²) in [5.41, 5.74) is 7.72. The molecule has 2 aromatic rings. The number of ether oxygens (including phenoxy) is 1. The number of amidine groups is 1. The van der Waals surface area contributed by atoms with Crippen LogP contribution in [0.3, 0.4) is 0 Å². The Kier molecular flexibility index (Phi) is 3.85. The molecule has 0 bridgehead atoms. The Morgan fingerprint density at radius 1 is 1.45 bits per heavy atom. The molecule has 3 N–H and O–H groups in total. The lowest BCUT2D eigenvalue weighted by atomic mass is 10.2. The minimum atomic E-state index is -0.0613. The molecule has 0 aliphatic rings. The number of nitrogens with zero attached hydrogens (tertiary/aromatic N) is 3. The van der Waals surface area contributed by atoms with E-state index < -0.39 is 0 Å². The van der Waals surface area contributed by atoms with Gasteiger partial charge in [-0.1, -0.05) is 22.8 Å². The van der Waals surface area contributed by atoms with Gasteiger partial charge in [-0.25, -0.2) is 4.68 Å². The van der Waals surface area contributed by atoms with Gasteiger partial charge >= 0.3 is 0 Å². The zero-order chi connectivity index (χ0) is 14.9. The van der Waals surface area contributed by atoms with E-state index in [0.29, 0.717) is 27.9 Å². The molecule has 1 heterocycles. The van der Waals surface area contributed by atoms with Gasteiger partial charge < -0.3 is 15.7 Å². The maximum absolute atomic E-state index is 8.85. The zero-order valence-electron chi connectivity index (χ0n) is 11.4. The molecule has 0 aliphatic carbocycles. The minimum absolute atomic E-state index is 0.0613. The highest BCUT2D eigenvalue weighted by Gasteiger charge is 2.20. The molecular weight excluding hydrogens is 280 g/mol. The summed E-state index contributed by atoms with van der Waals surface area (Å²) in [5, 5.41) is 16.5. The van der Waals surface area contributed by atoms with E-state index in [0.717, 1.165) is 5.56 Å². The minimum Gasteiger partial charge on any atom is -0.437 e. The number of halogens is 1. The van der Waals surface area contributed by atoms with Crippen molar-refractivity contribution in [3.05, 3.63) is 40.0 Å². The predicted molar refractivity (Wildman–Crippen MR) is 76.7 cm³/mol. The van der Waals surface area contributed by atoms with E-state index in [-0.39, 0.29) is 5.84 Å². The van der Waals surface area contributed by atoms with Crippen molar-refractivity contribution in [3.8, 4) is 11.6 Å². The number of rotatable bonds is 3. The fourth-order valence-electron chi connectivity index (χ4n) is 1.89. The van der Waals surface area contributed by atoms with Crippen LogP contribution in [0.2, 0.25) is 5.02 Å². The molecule has 7 heteroatoms. The smallest absolute Gasteiger partial charge is 0.229 e. The van der Waals surface area contributed by atoms with Crippen LogP contribution in [-0.4, -0.2) is 20.8 Å². The second-order valence-electron chi connectivity index (χ2n) is 4.41.